The predicted octanol–water partition coefficient (Wildman–Crippen LogP) is 8.96. The van der Waals surface area contributed by atoms with E-state index in [-0.39, 0.29) is 36.9 Å². The van der Waals surface area contributed by atoms with Gasteiger partial charge < -0.3 is 32.6 Å². The van der Waals surface area contributed by atoms with Crippen LogP contribution in [0, 0.1) is 0 Å². The fourth-order valence-electron chi connectivity index (χ4n) is 7.66. The smallest absolute Gasteiger partial charge is 0.220 e. The summed E-state index contributed by atoms with van der Waals surface area (Å²) in [6, 6.07) is 0.127. The highest BCUT2D eigenvalue weighted by molar-refractivity contribution is 5.76. The van der Waals surface area contributed by atoms with E-state index in [1.54, 1.807) is 0 Å². The molecule has 3 N–H and O–H groups in total. The molecule has 0 heterocycles. The molecule has 0 aromatic heterocycles. The lowest BCUT2D eigenvalue weighted by molar-refractivity contribution is -0.925. The molecule has 1 atom stereocenters. The number of aliphatic hydroxyl groups excluding tert-OH is 1. The number of carbonyl (C=O) groups excluding carboxylic acids is 2. The fraction of sp³-hybridized carbons (Fsp3) is 0.956. The number of hydrogen-bond donors (Lipinski definition) is 3. The van der Waals surface area contributed by atoms with Crippen molar-refractivity contribution in [3.63, 3.8) is 0 Å². The van der Waals surface area contributed by atoms with E-state index in [4.69, 9.17) is 0 Å². The second-order valence-corrected chi connectivity index (χ2v) is 16.0. The molecule has 6 nitrogen and oxygen atoms in total. The monoisotopic (exact) mass is 758 g/mol. The van der Waals surface area contributed by atoms with Crippen molar-refractivity contribution in [2.75, 3.05) is 39.3 Å². The van der Waals surface area contributed by atoms with Gasteiger partial charge in [0.1, 0.15) is 0 Å². The summed E-state index contributed by atoms with van der Waals surface area (Å²) in [5, 5.41) is 16.0. The van der Waals surface area contributed by atoms with E-state index in [2.05, 4.69) is 38.3 Å². The normalized spacial score (nSPS) is 12.1. The SMILES string of the molecule is CCCCCCCCCCCCCCCC(=O)NCCC[N+](CC)(CC)CCC(CCCO)NC(=O)CCCCCCCCCCCCCCC.[Cl-]. The lowest BCUT2D eigenvalue weighted by Crippen LogP contribution is -3.00. The highest BCUT2D eigenvalue weighted by Gasteiger charge is 2.25. The zero-order chi connectivity index (χ0) is 37.5. The van der Waals surface area contributed by atoms with Gasteiger partial charge in [0.2, 0.25) is 11.8 Å². The Bertz CT molecular complexity index is 749. The Balaban J connectivity index is 0. The predicted molar refractivity (Wildman–Crippen MR) is 222 cm³/mol. The first-order valence-corrected chi connectivity index (χ1v) is 23.0. The number of aliphatic hydroxyl groups is 1. The molecule has 0 aromatic carbocycles. The summed E-state index contributed by atoms with van der Waals surface area (Å²) in [5.74, 6) is 0.387. The van der Waals surface area contributed by atoms with Crippen LogP contribution < -0.4 is 23.0 Å². The second-order valence-electron chi connectivity index (χ2n) is 16.0. The molecular weight excluding hydrogens is 666 g/mol. The third-order valence-electron chi connectivity index (χ3n) is 11.5. The van der Waals surface area contributed by atoms with E-state index in [0.717, 1.165) is 82.2 Å². The van der Waals surface area contributed by atoms with Crippen molar-refractivity contribution < 1.29 is 31.6 Å². The van der Waals surface area contributed by atoms with Gasteiger partial charge in [0, 0.05) is 44.9 Å². The van der Waals surface area contributed by atoms with Crippen LogP contribution in [0.25, 0.3) is 0 Å². The number of amides is 2. The molecule has 0 rings (SSSR count). The maximum Gasteiger partial charge on any atom is 0.220 e. The van der Waals surface area contributed by atoms with Crippen LogP contribution in [0.1, 0.15) is 233 Å². The van der Waals surface area contributed by atoms with Crippen molar-refractivity contribution in [2.45, 2.75) is 239 Å². The first kappa shape index (κ1) is 53.3. The first-order valence-electron chi connectivity index (χ1n) is 23.0. The van der Waals surface area contributed by atoms with Crippen molar-refractivity contribution in [3.8, 4) is 0 Å². The number of carbonyl (C=O) groups is 2. The summed E-state index contributed by atoms with van der Waals surface area (Å²) >= 11 is 0. The Morgan fingerprint density at radius 2 is 0.865 bits per heavy atom. The molecular formula is C45H92ClN3O3. The first-order chi connectivity index (χ1) is 25.0. The minimum absolute atomic E-state index is 0. The lowest BCUT2D eigenvalue weighted by atomic mass is 10.0. The van der Waals surface area contributed by atoms with E-state index in [1.807, 2.05) is 0 Å². The standard InChI is InChI=1S/C45H91N3O3.ClH/c1-5-9-11-13-15-17-19-21-23-25-27-29-31-36-44(50)46-39-34-40-48(7-3,8-4)41-38-43(35-33-42-49)47-45(51)37-32-30-28-26-24-22-20-18-16-14-12-10-6-2;/h43,49H,5-42H2,1-4H3,(H-,46,47,50,51);1H. The van der Waals surface area contributed by atoms with Crippen molar-refractivity contribution in [2.24, 2.45) is 0 Å². The summed E-state index contributed by atoms with van der Waals surface area (Å²) in [7, 11) is 0. The van der Waals surface area contributed by atoms with Crippen LogP contribution in [0.15, 0.2) is 0 Å². The molecule has 52 heavy (non-hydrogen) atoms. The summed E-state index contributed by atoms with van der Waals surface area (Å²) in [4.78, 5) is 25.3. The summed E-state index contributed by atoms with van der Waals surface area (Å²) in [6.07, 6.45) is 39.1. The van der Waals surface area contributed by atoms with Gasteiger partial charge in [-0.05, 0) is 39.5 Å². The summed E-state index contributed by atoms with van der Waals surface area (Å²) < 4.78 is 1.01. The maximum atomic E-state index is 12.8. The molecule has 7 heteroatoms. The van der Waals surface area contributed by atoms with Crippen LogP contribution in [-0.2, 0) is 9.59 Å². The number of halogens is 1. The van der Waals surface area contributed by atoms with Gasteiger partial charge in [0.05, 0.1) is 26.2 Å². The number of hydrogen-bond acceptors (Lipinski definition) is 3. The van der Waals surface area contributed by atoms with Crippen LogP contribution in [0.4, 0.5) is 0 Å². The van der Waals surface area contributed by atoms with Crippen LogP contribution in [-0.4, -0.2) is 66.8 Å². The topological polar surface area (TPSA) is 78.4 Å². The van der Waals surface area contributed by atoms with Gasteiger partial charge in [-0.15, -0.1) is 0 Å². The largest absolute Gasteiger partial charge is 1.00 e. The summed E-state index contributed by atoms with van der Waals surface area (Å²) in [5.41, 5.74) is 0. The second kappa shape index (κ2) is 41.3. The minimum Gasteiger partial charge on any atom is -1.00 e. The quantitative estimate of drug-likeness (QED) is 0.0431. The molecule has 1 unspecified atom stereocenters. The van der Waals surface area contributed by atoms with Crippen molar-refractivity contribution in [3.05, 3.63) is 0 Å². The van der Waals surface area contributed by atoms with E-state index in [1.165, 1.54) is 148 Å². The molecule has 0 aromatic rings. The number of quaternary nitrogens is 1. The summed E-state index contributed by atoms with van der Waals surface area (Å²) in [6.45, 7) is 14.2. The molecule has 0 aliphatic heterocycles. The maximum absolute atomic E-state index is 12.8. The van der Waals surface area contributed by atoms with Gasteiger partial charge in [-0.25, -0.2) is 0 Å². The Hall–Kier alpha value is -0.850. The van der Waals surface area contributed by atoms with Crippen LogP contribution >= 0.6 is 0 Å². The average Bonchev–Trinajstić information content (AvgIpc) is 3.14. The van der Waals surface area contributed by atoms with Gasteiger partial charge >= 0.3 is 0 Å². The highest BCUT2D eigenvalue weighted by Crippen LogP contribution is 2.16. The number of nitrogens with zero attached hydrogens (tertiary/aromatic N) is 1. The average molecular weight is 759 g/mol. The Morgan fingerprint density at radius 3 is 1.25 bits per heavy atom. The van der Waals surface area contributed by atoms with Crippen LogP contribution in [0.2, 0.25) is 0 Å². The van der Waals surface area contributed by atoms with E-state index >= 15 is 0 Å². The molecule has 0 aliphatic carbocycles. The van der Waals surface area contributed by atoms with E-state index < -0.39 is 0 Å². The molecule has 0 saturated carbocycles. The van der Waals surface area contributed by atoms with Gasteiger partial charge in [0.25, 0.3) is 0 Å². The fourth-order valence-corrected chi connectivity index (χ4v) is 7.66. The zero-order valence-corrected chi connectivity index (χ0v) is 36.3. The van der Waals surface area contributed by atoms with Crippen LogP contribution in [0.3, 0.4) is 0 Å². The highest BCUT2D eigenvalue weighted by atomic mass is 35.5. The molecule has 0 bridgehead atoms. The lowest BCUT2D eigenvalue weighted by Gasteiger charge is -2.38. The molecule has 0 spiro atoms. The van der Waals surface area contributed by atoms with E-state index in [0.29, 0.717) is 12.8 Å². The van der Waals surface area contributed by atoms with E-state index in [9.17, 15) is 14.7 Å². The minimum atomic E-state index is 0. The molecule has 2 amide bonds. The molecule has 0 saturated heterocycles. The number of rotatable bonds is 41. The Morgan fingerprint density at radius 1 is 0.481 bits per heavy atom. The van der Waals surface area contributed by atoms with Crippen molar-refractivity contribution >= 4 is 11.8 Å². The number of nitrogens with one attached hydrogen (secondary N) is 2. The van der Waals surface area contributed by atoms with Crippen molar-refractivity contribution in [1.82, 2.24) is 10.6 Å². The zero-order valence-electron chi connectivity index (χ0n) is 35.5. The molecule has 0 aliphatic rings. The van der Waals surface area contributed by atoms with Crippen molar-refractivity contribution in [1.29, 1.82) is 0 Å². The van der Waals surface area contributed by atoms with Crippen LogP contribution in [0.5, 0.6) is 0 Å². The van der Waals surface area contributed by atoms with Gasteiger partial charge in [-0.3, -0.25) is 9.59 Å². The third kappa shape index (κ3) is 34.9. The third-order valence-corrected chi connectivity index (χ3v) is 11.5. The Kier molecular flexibility index (Phi) is 42.3. The molecule has 0 radical (unpaired) electrons. The number of unbranched alkanes of at least 4 members (excludes halogenated alkanes) is 24. The van der Waals surface area contributed by atoms with Gasteiger partial charge in [0.15, 0.2) is 0 Å². The Labute approximate surface area is 331 Å². The molecule has 312 valence electrons. The van der Waals surface area contributed by atoms with Gasteiger partial charge in [-0.2, -0.15) is 0 Å². The van der Waals surface area contributed by atoms with Gasteiger partial charge in [-0.1, -0.05) is 168 Å². The molecule has 0 fully saturated rings.